The quantitative estimate of drug-likeness (QED) is 0.740. The van der Waals surface area contributed by atoms with Crippen molar-refractivity contribution in [1.82, 2.24) is 9.88 Å². The molecule has 1 saturated heterocycles. The third-order valence-corrected chi connectivity index (χ3v) is 5.94. The number of nitrogens with zero attached hydrogens (tertiary/aromatic N) is 3. The van der Waals surface area contributed by atoms with Crippen LogP contribution in [0.1, 0.15) is 10.4 Å². The maximum Gasteiger partial charge on any atom is 0.257 e. The summed E-state index contributed by atoms with van der Waals surface area (Å²) in [6.07, 6.45) is 0. The molecule has 1 aliphatic rings. The van der Waals surface area contributed by atoms with Crippen molar-refractivity contribution >= 4 is 49.9 Å². The fraction of sp³-hybridized carbons (Fsp3) is 0.263. The van der Waals surface area contributed by atoms with Crippen molar-refractivity contribution in [3.8, 4) is 0 Å². The van der Waals surface area contributed by atoms with Crippen LogP contribution in [0.3, 0.4) is 0 Å². The molecular weight excluding hydrogens is 368 g/mol. The molecule has 4 rings (SSSR count). The molecule has 7 heteroatoms. The monoisotopic (exact) mass is 386 g/mol. The second-order valence-electron chi connectivity index (χ2n) is 6.40. The van der Waals surface area contributed by atoms with Gasteiger partial charge in [0.15, 0.2) is 5.13 Å². The van der Waals surface area contributed by atoms with Gasteiger partial charge in [-0.25, -0.2) is 4.98 Å². The van der Waals surface area contributed by atoms with Crippen molar-refractivity contribution in [1.29, 1.82) is 0 Å². The molecule has 1 N–H and O–H groups in total. The standard InChI is InChI=1S/C19H19ClN4OS/c1-23-8-10-24(11-9-23)19-22-16-7-6-13(12-17(16)26-19)21-18(25)14-4-2-3-5-15(14)20/h2-7,12H,8-11H2,1H3,(H,21,25). The van der Waals surface area contributed by atoms with Crippen molar-refractivity contribution in [3.63, 3.8) is 0 Å². The molecule has 5 nitrogen and oxygen atoms in total. The van der Waals surface area contributed by atoms with E-state index in [-0.39, 0.29) is 5.91 Å². The van der Waals surface area contributed by atoms with Gasteiger partial charge in [-0.3, -0.25) is 4.79 Å². The predicted molar refractivity (Wildman–Crippen MR) is 109 cm³/mol. The predicted octanol–water partition coefficient (Wildman–Crippen LogP) is 3.95. The number of carbonyl (C=O) groups is 1. The lowest BCUT2D eigenvalue weighted by molar-refractivity contribution is 0.102. The number of thiazole rings is 1. The number of piperazine rings is 1. The van der Waals surface area contributed by atoms with Crippen LogP contribution in [-0.4, -0.2) is 49.0 Å². The highest BCUT2D eigenvalue weighted by Crippen LogP contribution is 2.31. The Kier molecular flexibility index (Phi) is 4.80. The SMILES string of the molecule is CN1CCN(c2nc3ccc(NC(=O)c4ccccc4Cl)cc3s2)CC1. The number of aromatic nitrogens is 1. The number of halogens is 1. The van der Waals surface area contributed by atoms with E-state index in [2.05, 4.69) is 22.2 Å². The zero-order chi connectivity index (χ0) is 18.1. The smallest absolute Gasteiger partial charge is 0.257 e. The average molecular weight is 387 g/mol. The molecule has 0 radical (unpaired) electrons. The van der Waals surface area contributed by atoms with Crippen molar-refractivity contribution in [2.45, 2.75) is 0 Å². The number of fused-ring (bicyclic) bond motifs is 1. The van der Waals surface area contributed by atoms with E-state index >= 15 is 0 Å². The minimum atomic E-state index is -0.209. The Labute approximate surface area is 161 Å². The molecule has 26 heavy (non-hydrogen) atoms. The third-order valence-electron chi connectivity index (χ3n) is 4.53. The summed E-state index contributed by atoms with van der Waals surface area (Å²) in [5.74, 6) is -0.209. The molecule has 2 heterocycles. The topological polar surface area (TPSA) is 48.5 Å². The van der Waals surface area contributed by atoms with Crippen LogP contribution in [-0.2, 0) is 0 Å². The van der Waals surface area contributed by atoms with Crippen LogP contribution >= 0.6 is 22.9 Å². The molecule has 3 aromatic rings. The van der Waals surface area contributed by atoms with Gasteiger partial charge in [-0.05, 0) is 37.4 Å². The van der Waals surface area contributed by atoms with Gasteiger partial charge in [0.25, 0.3) is 5.91 Å². The van der Waals surface area contributed by atoms with Crippen LogP contribution in [0.5, 0.6) is 0 Å². The molecule has 0 unspecified atom stereocenters. The highest BCUT2D eigenvalue weighted by molar-refractivity contribution is 7.22. The first-order valence-corrected chi connectivity index (χ1v) is 9.69. The minimum absolute atomic E-state index is 0.209. The second-order valence-corrected chi connectivity index (χ2v) is 7.82. The molecule has 1 aliphatic heterocycles. The van der Waals surface area contributed by atoms with E-state index in [4.69, 9.17) is 16.6 Å². The Morgan fingerprint density at radius 2 is 1.92 bits per heavy atom. The molecular formula is C19H19ClN4OS. The number of anilines is 2. The summed E-state index contributed by atoms with van der Waals surface area (Å²) in [5, 5.41) is 4.41. The van der Waals surface area contributed by atoms with Gasteiger partial charge < -0.3 is 15.1 Å². The largest absolute Gasteiger partial charge is 0.345 e. The van der Waals surface area contributed by atoms with Gasteiger partial charge in [0, 0.05) is 31.9 Å². The number of hydrogen-bond donors (Lipinski definition) is 1. The summed E-state index contributed by atoms with van der Waals surface area (Å²) in [6.45, 7) is 4.09. The number of amides is 1. The molecule has 1 amide bonds. The maximum absolute atomic E-state index is 12.4. The second kappa shape index (κ2) is 7.23. The van der Waals surface area contributed by atoms with E-state index in [0.29, 0.717) is 10.6 Å². The van der Waals surface area contributed by atoms with Crippen LogP contribution in [0.4, 0.5) is 10.8 Å². The van der Waals surface area contributed by atoms with Gasteiger partial charge in [0.2, 0.25) is 0 Å². The van der Waals surface area contributed by atoms with Crippen molar-refractivity contribution < 1.29 is 4.79 Å². The zero-order valence-electron chi connectivity index (χ0n) is 14.4. The Bertz CT molecular complexity index is 950. The minimum Gasteiger partial charge on any atom is -0.345 e. The number of likely N-dealkylation sites (N-methyl/N-ethyl adjacent to an activating group) is 1. The van der Waals surface area contributed by atoms with Crippen molar-refractivity contribution in [3.05, 3.63) is 53.1 Å². The lowest BCUT2D eigenvalue weighted by Gasteiger charge is -2.31. The van der Waals surface area contributed by atoms with Crippen LogP contribution in [0.25, 0.3) is 10.2 Å². The number of carbonyl (C=O) groups excluding carboxylic acids is 1. The first-order valence-electron chi connectivity index (χ1n) is 8.50. The van der Waals surface area contributed by atoms with E-state index in [1.165, 1.54) is 0 Å². The van der Waals surface area contributed by atoms with Gasteiger partial charge in [0.1, 0.15) is 0 Å². The lowest BCUT2D eigenvalue weighted by atomic mass is 10.2. The summed E-state index contributed by atoms with van der Waals surface area (Å²) in [5.41, 5.74) is 2.17. The fourth-order valence-electron chi connectivity index (χ4n) is 2.97. The molecule has 134 valence electrons. The van der Waals surface area contributed by atoms with Crippen LogP contribution in [0.2, 0.25) is 5.02 Å². The number of rotatable bonds is 3. The molecule has 1 aromatic heterocycles. The highest BCUT2D eigenvalue weighted by atomic mass is 35.5. The van der Waals surface area contributed by atoms with Gasteiger partial charge in [-0.1, -0.05) is 35.1 Å². The first kappa shape index (κ1) is 17.3. The van der Waals surface area contributed by atoms with Crippen molar-refractivity contribution in [2.75, 3.05) is 43.4 Å². The number of benzene rings is 2. The van der Waals surface area contributed by atoms with E-state index in [0.717, 1.165) is 47.2 Å². The van der Waals surface area contributed by atoms with Gasteiger partial charge in [-0.2, -0.15) is 0 Å². The Morgan fingerprint density at radius 1 is 1.15 bits per heavy atom. The van der Waals surface area contributed by atoms with Crippen molar-refractivity contribution in [2.24, 2.45) is 0 Å². The fourth-order valence-corrected chi connectivity index (χ4v) is 4.25. The van der Waals surface area contributed by atoms with E-state index < -0.39 is 0 Å². The van der Waals surface area contributed by atoms with E-state index in [1.807, 2.05) is 24.3 Å². The lowest BCUT2D eigenvalue weighted by Crippen LogP contribution is -2.44. The maximum atomic E-state index is 12.4. The summed E-state index contributed by atoms with van der Waals surface area (Å²) >= 11 is 7.77. The summed E-state index contributed by atoms with van der Waals surface area (Å²) in [4.78, 5) is 21.8. The van der Waals surface area contributed by atoms with Gasteiger partial charge in [-0.15, -0.1) is 0 Å². The molecule has 0 atom stereocenters. The summed E-state index contributed by atoms with van der Waals surface area (Å²) in [6, 6.07) is 12.8. The zero-order valence-corrected chi connectivity index (χ0v) is 16.0. The summed E-state index contributed by atoms with van der Waals surface area (Å²) in [7, 11) is 2.14. The average Bonchev–Trinajstić information content (AvgIpc) is 3.06. The van der Waals surface area contributed by atoms with Crippen LogP contribution in [0.15, 0.2) is 42.5 Å². The molecule has 0 bridgehead atoms. The summed E-state index contributed by atoms with van der Waals surface area (Å²) < 4.78 is 1.07. The molecule has 2 aromatic carbocycles. The molecule has 0 spiro atoms. The number of hydrogen-bond acceptors (Lipinski definition) is 5. The Balaban J connectivity index is 1.54. The van der Waals surface area contributed by atoms with Gasteiger partial charge in [0.05, 0.1) is 20.8 Å². The Morgan fingerprint density at radius 3 is 2.69 bits per heavy atom. The third kappa shape index (κ3) is 3.53. The van der Waals surface area contributed by atoms with E-state index in [9.17, 15) is 4.79 Å². The molecule has 0 aliphatic carbocycles. The van der Waals surface area contributed by atoms with Crippen LogP contribution in [0, 0.1) is 0 Å². The number of nitrogens with one attached hydrogen (secondary N) is 1. The van der Waals surface area contributed by atoms with Gasteiger partial charge >= 0.3 is 0 Å². The first-order chi connectivity index (χ1) is 12.6. The molecule has 1 fully saturated rings. The molecule has 0 saturated carbocycles. The normalized spacial score (nSPS) is 15.4. The van der Waals surface area contributed by atoms with Crippen LogP contribution < -0.4 is 10.2 Å². The Hall–Kier alpha value is -2.15. The van der Waals surface area contributed by atoms with E-state index in [1.54, 1.807) is 29.5 Å². The highest BCUT2D eigenvalue weighted by Gasteiger charge is 2.18.